The number of anilines is 1. The van der Waals surface area contributed by atoms with E-state index in [1.165, 1.54) is 19.2 Å². The van der Waals surface area contributed by atoms with Crippen molar-refractivity contribution in [3.63, 3.8) is 0 Å². The Morgan fingerprint density at radius 1 is 1.21 bits per heavy atom. The van der Waals surface area contributed by atoms with Gasteiger partial charge in [-0.15, -0.1) is 11.3 Å². The number of fused-ring (bicyclic) bond motifs is 1. The normalized spacial score (nSPS) is 11.7. The fraction of sp³-hybridized carbons (Fsp3) is 0.250. The molecule has 2 aromatic carbocycles. The molecular formula is C20H17F4NO3S. The highest BCUT2D eigenvalue weighted by molar-refractivity contribution is 7.21. The number of halogens is 4. The van der Waals surface area contributed by atoms with Gasteiger partial charge in [0.1, 0.15) is 11.6 Å². The molecule has 1 N–H and O–H groups in total. The molecule has 0 radical (unpaired) electrons. The number of methoxy groups -OCH3 is 1. The van der Waals surface area contributed by atoms with Crippen molar-refractivity contribution in [2.75, 3.05) is 19.0 Å². The second-order valence-electron chi connectivity index (χ2n) is 6.05. The van der Waals surface area contributed by atoms with Gasteiger partial charge in [-0.1, -0.05) is 6.07 Å². The largest absolute Gasteiger partial charge is 0.492 e. The van der Waals surface area contributed by atoms with Crippen LogP contribution in [0.25, 0.3) is 10.1 Å². The van der Waals surface area contributed by atoms with Gasteiger partial charge in [0, 0.05) is 22.8 Å². The average Bonchev–Trinajstić information content (AvgIpc) is 3.03. The summed E-state index contributed by atoms with van der Waals surface area (Å²) in [6.07, 6.45) is -4.58. The molecule has 3 rings (SSSR count). The lowest BCUT2D eigenvalue weighted by Crippen LogP contribution is -2.15. The summed E-state index contributed by atoms with van der Waals surface area (Å²) < 4.78 is 64.5. The molecule has 1 aromatic heterocycles. The third-order valence-corrected chi connectivity index (χ3v) is 5.31. The summed E-state index contributed by atoms with van der Waals surface area (Å²) in [5.74, 6) is -1.06. The Hall–Kier alpha value is -2.65. The van der Waals surface area contributed by atoms with Gasteiger partial charge in [-0.2, -0.15) is 13.2 Å². The summed E-state index contributed by atoms with van der Waals surface area (Å²) in [6.45, 7) is 1.86. The number of carbonyl (C=O) groups is 1. The van der Waals surface area contributed by atoms with E-state index in [0.29, 0.717) is 10.3 Å². The number of thiophene rings is 1. The Morgan fingerprint density at radius 3 is 2.62 bits per heavy atom. The summed E-state index contributed by atoms with van der Waals surface area (Å²) in [5.41, 5.74) is -0.697. The van der Waals surface area contributed by atoms with E-state index in [1.54, 1.807) is 13.0 Å². The van der Waals surface area contributed by atoms with E-state index in [9.17, 15) is 22.4 Å². The topological polar surface area (TPSA) is 47.6 Å². The molecule has 29 heavy (non-hydrogen) atoms. The van der Waals surface area contributed by atoms with Crippen molar-refractivity contribution in [3.8, 4) is 5.75 Å². The molecule has 154 valence electrons. The van der Waals surface area contributed by atoms with E-state index in [2.05, 4.69) is 5.32 Å². The van der Waals surface area contributed by atoms with Crippen LogP contribution in [-0.2, 0) is 17.5 Å². The second-order valence-corrected chi connectivity index (χ2v) is 7.10. The number of alkyl halides is 3. The maximum Gasteiger partial charge on any atom is 0.416 e. The first kappa shape index (κ1) is 21.1. The highest BCUT2D eigenvalue weighted by Crippen LogP contribution is 2.37. The Kier molecular flexibility index (Phi) is 6.09. The first-order chi connectivity index (χ1) is 13.8. The predicted molar refractivity (Wildman–Crippen MR) is 103 cm³/mol. The smallest absolute Gasteiger partial charge is 0.416 e. The van der Waals surface area contributed by atoms with Crippen molar-refractivity contribution in [1.82, 2.24) is 0 Å². The Balaban J connectivity index is 2.04. The van der Waals surface area contributed by atoms with Crippen LogP contribution in [0.4, 0.5) is 23.2 Å². The van der Waals surface area contributed by atoms with Crippen LogP contribution in [0.15, 0.2) is 36.4 Å². The van der Waals surface area contributed by atoms with Gasteiger partial charge in [0.25, 0.3) is 5.91 Å². The zero-order chi connectivity index (χ0) is 21.2. The fourth-order valence-electron chi connectivity index (χ4n) is 2.90. The molecule has 0 atom stereocenters. The van der Waals surface area contributed by atoms with Gasteiger partial charge in [0.2, 0.25) is 0 Å². The van der Waals surface area contributed by atoms with Gasteiger partial charge in [-0.3, -0.25) is 4.79 Å². The van der Waals surface area contributed by atoms with E-state index in [0.717, 1.165) is 29.5 Å². The van der Waals surface area contributed by atoms with E-state index >= 15 is 0 Å². The molecule has 0 aliphatic carbocycles. The van der Waals surface area contributed by atoms with Crippen molar-refractivity contribution in [1.29, 1.82) is 0 Å². The third-order valence-electron chi connectivity index (χ3n) is 4.11. The van der Waals surface area contributed by atoms with Crippen molar-refractivity contribution in [2.24, 2.45) is 0 Å². The number of nitrogens with one attached hydrogen (secondary N) is 1. The number of hydrogen-bond donors (Lipinski definition) is 1. The molecule has 0 spiro atoms. The lowest BCUT2D eigenvalue weighted by molar-refractivity contribution is -0.137. The molecule has 0 saturated carbocycles. The minimum absolute atomic E-state index is 0.0232. The van der Waals surface area contributed by atoms with Crippen molar-refractivity contribution >= 4 is 33.0 Å². The van der Waals surface area contributed by atoms with Crippen LogP contribution in [0.1, 0.15) is 27.7 Å². The van der Waals surface area contributed by atoms with Crippen LogP contribution in [0.2, 0.25) is 0 Å². The SMILES string of the molecule is CCOc1ccc(C(F)(F)F)cc1NC(=O)c1sc2cccc(F)c2c1COC. The number of carbonyl (C=O) groups excluding carboxylic acids is 1. The Bertz CT molecular complexity index is 1050. The van der Waals surface area contributed by atoms with Gasteiger partial charge in [0.15, 0.2) is 0 Å². The Labute approximate surface area is 168 Å². The molecule has 0 saturated heterocycles. The summed E-state index contributed by atoms with van der Waals surface area (Å²) in [5, 5.41) is 2.73. The predicted octanol–water partition coefficient (Wildman–Crippen LogP) is 5.86. The summed E-state index contributed by atoms with van der Waals surface area (Å²) >= 11 is 1.04. The van der Waals surface area contributed by atoms with Crippen molar-refractivity contribution in [3.05, 3.63) is 58.2 Å². The molecular weight excluding hydrogens is 410 g/mol. The Morgan fingerprint density at radius 2 is 1.97 bits per heavy atom. The zero-order valence-electron chi connectivity index (χ0n) is 15.5. The summed E-state index contributed by atoms with van der Waals surface area (Å²) in [4.78, 5) is 13.1. The maximum atomic E-state index is 14.3. The molecule has 0 unspecified atom stereocenters. The van der Waals surface area contributed by atoms with Gasteiger partial charge < -0.3 is 14.8 Å². The monoisotopic (exact) mass is 427 g/mol. The van der Waals surface area contributed by atoms with Crippen molar-refractivity contribution < 1.29 is 31.8 Å². The van der Waals surface area contributed by atoms with Crippen LogP contribution < -0.4 is 10.1 Å². The van der Waals surface area contributed by atoms with Gasteiger partial charge in [-0.25, -0.2) is 4.39 Å². The van der Waals surface area contributed by atoms with E-state index in [1.807, 2.05) is 0 Å². The van der Waals surface area contributed by atoms with Crippen LogP contribution >= 0.6 is 11.3 Å². The van der Waals surface area contributed by atoms with Crippen LogP contribution in [0.5, 0.6) is 5.75 Å². The highest BCUT2D eigenvalue weighted by Gasteiger charge is 2.31. The maximum absolute atomic E-state index is 14.3. The van der Waals surface area contributed by atoms with E-state index in [4.69, 9.17) is 9.47 Å². The number of benzene rings is 2. The molecule has 0 aliphatic heterocycles. The summed E-state index contributed by atoms with van der Waals surface area (Å²) in [6, 6.07) is 7.30. The number of rotatable bonds is 6. The minimum atomic E-state index is -4.58. The first-order valence-corrected chi connectivity index (χ1v) is 9.42. The highest BCUT2D eigenvalue weighted by atomic mass is 32.1. The molecule has 1 amide bonds. The van der Waals surface area contributed by atoms with Crippen LogP contribution in [0.3, 0.4) is 0 Å². The molecule has 4 nitrogen and oxygen atoms in total. The van der Waals surface area contributed by atoms with Gasteiger partial charge in [-0.05, 0) is 37.3 Å². The molecule has 9 heteroatoms. The first-order valence-electron chi connectivity index (χ1n) is 8.60. The van der Waals surface area contributed by atoms with E-state index < -0.39 is 23.5 Å². The molecule has 0 fully saturated rings. The van der Waals surface area contributed by atoms with E-state index in [-0.39, 0.29) is 34.9 Å². The molecule has 3 aromatic rings. The minimum Gasteiger partial charge on any atom is -0.492 e. The standard InChI is InChI=1S/C20H17F4NO3S/c1-3-28-15-8-7-11(20(22,23)24)9-14(15)25-19(26)18-12(10-27-2)17-13(21)5-4-6-16(17)29-18/h4-9H,3,10H2,1-2H3,(H,25,26). The second kappa shape index (κ2) is 8.38. The van der Waals surface area contributed by atoms with Gasteiger partial charge in [0.05, 0.1) is 29.3 Å². The van der Waals surface area contributed by atoms with Gasteiger partial charge >= 0.3 is 6.18 Å². The molecule has 0 bridgehead atoms. The lowest BCUT2D eigenvalue weighted by atomic mass is 10.1. The van der Waals surface area contributed by atoms with Crippen LogP contribution in [0, 0.1) is 5.82 Å². The number of ether oxygens (including phenoxy) is 2. The number of hydrogen-bond acceptors (Lipinski definition) is 4. The zero-order valence-corrected chi connectivity index (χ0v) is 16.3. The third kappa shape index (κ3) is 4.35. The van der Waals surface area contributed by atoms with Crippen LogP contribution in [-0.4, -0.2) is 19.6 Å². The number of amides is 1. The average molecular weight is 427 g/mol. The quantitative estimate of drug-likeness (QED) is 0.502. The fourth-order valence-corrected chi connectivity index (χ4v) is 4.01. The summed E-state index contributed by atoms with van der Waals surface area (Å²) in [7, 11) is 1.41. The molecule has 0 aliphatic rings. The van der Waals surface area contributed by atoms with Crippen molar-refractivity contribution in [2.45, 2.75) is 19.7 Å². The molecule has 1 heterocycles. The lowest BCUT2D eigenvalue weighted by Gasteiger charge is -2.15.